The van der Waals surface area contributed by atoms with Crippen LogP contribution in [0.2, 0.25) is 0 Å². The average Bonchev–Trinajstić information content (AvgIpc) is 2.82. The first-order chi connectivity index (χ1) is 9.17. The number of hydrogen-bond donors (Lipinski definition) is 1. The average molecular weight is 277 g/mol. The zero-order valence-electron chi connectivity index (χ0n) is 11.7. The number of aryl methyl sites for hydroxylation is 2. The maximum Gasteiger partial charge on any atom is 0.119 e. The minimum absolute atomic E-state index is 0.149. The van der Waals surface area contributed by atoms with Gasteiger partial charge in [0.05, 0.1) is 23.7 Å². The Bertz CT molecular complexity index is 553. The molecular formula is C14H19N3OS. The third-order valence-electron chi connectivity index (χ3n) is 3.14. The van der Waals surface area contributed by atoms with Gasteiger partial charge in [0, 0.05) is 0 Å². The van der Waals surface area contributed by atoms with E-state index in [2.05, 4.69) is 40.9 Å². The number of nitrogens with zero attached hydrogens (tertiary/aromatic N) is 2. The first-order valence-corrected chi connectivity index (χ1v) is 7.11. The zero-order chi connectivity index (χ0) is 13.8. The third kappa shape index (κ3) is 2.93. The molecule has 0 aliphatic rings. The number of methoxy groups -OCH3 is 1. The predicted octanol–water partition coefficient (Wildman–Crippen LogP) is 2.86. The lowest BCUT2D eigenvalue weighted by molar-refractivity contribution is 0.414. The van der Waals surface area contributed by atoms with Crippen LogP contribution in [0, 0.1) is 13.8 Å². The molecule has 0 bridgehead atoms. The summed E-state index contributed by atoms with van der Waals surface area (Å²) in [6.07, 6.45) is 0. The molecule has 0 amide bonds. The van der Waals surface area contributed by atoms with Crippen molar-refractivity contribution in [1.82, 2.24) is 14.9 Å². The Balaban J connectivity index is 2.42. The molecule has 1 unspecified atom stereocenters. The summed E-state index contributed by atoms with van der Waals surface area (Å²) in [5.74, 6) is 0.885. The highest BCUT2D eigenvalue weighted by molar-refractivity contribution is 7.05. The second kappa shape index (κ2) is 6.12. The van der Waals surface area contributed by atoms with Crippen molar-refractivity contribution in [2.24, 2.45) is 0 Å². The van der Waals surface area contributed by atoms with Gasteiger partial charge in [0.2, 0.25) is 0 Å². The predicted molar refractivity (Wildman–Crippen MR) is 77.9 cm³/mol. The van der Waals surface area contributed by atoms with E-state index in [-0.39, 0.29) is 6.04 Å². The fourth-order valence-electron chi connectivity index (χ4n) is 2.15. The smallest absolute Gasteiger partial charge is 0.119 e. The number of nitrogens with one attached hydrogen (secondary N) is 1. The maximum atomic E-state index is 5.26. The fraction of sp³-hybridized carbons (Fsp3) is 0.429. The summed E-state index contributed by atoms with van der Waals surface area (Å²) in [7, 11) is 1.69. The molecule has 0 fully saturated rings. The second-order valence-corrected chi connectivity index (χ2v) is 5.22. The number of benzene rings is 1. The molecule has 102 valence electrons. The van der Waals surface area contributed by atoms with Crippen molar-refractivity contribution < 1.29 is 4.74 Å². The highest BCUT2D eigenvalue weighted by Gasteiger charge is 2.20. The van der Waals surface area contributed by atoms with Gasteiger partial charge in [0.1, 0.15) is 5.75 Å². The van der Waals surface area contributed by atoms with Crippen LogP contribution in [0.4, 0.5) is 0 Å². The van der Waals surface area contributed by atoms with Crippen LogP contribution in [0.25, 0.3) is 0 Å². The van der Waals surface area contributed by atoms with Gasteiger partial charge in [-0.2, -0.15) is 0 Å². The lowest BCUT2D eigenvalue weighted by atomic mass is 9.99. The molecule has 0 spiro atoms. The van der Waals surface area contributed by atoms with E-state index in [4.69, 9.17) is 4.74 Å². The quantitative estimate of drug-likeness (QED) is 0.913. The summed E-state index contributed by atoms with van der Waals surface area (Å²) in [6, 6.07) is 6.32. The molecular weight excluding hydrogens is 258 g/mol. The Labute approximate surface area is 118 Å². The molecule has 1 aromatic carbocycles. The van der Waals surface area contributed by atoms with Crippen LogP contribution >= 0.6 is 11.5 Å². The van der Waals surface area contributed by atoms with Gasteiger partial charge in [-0.15, -0.1) is 5.10 Å². The first-order valence-electron chi connectivity index (χ1n) is 6.34. The van der Waals surface area contributed by atoms with E-state index in [0.29, 0.717) is 0 Å². The van der Waals surface area contributed by atoms with Crippen molar-refractivity contribution in [3.05, 3.63) is 39.9 Å². The van der Waals surface area contributed by atoms with Gasteiger partial charge >= 0.3 is 0 Å². The maximum absolute atomic E-state index is 5.26. The van der Waals surface area contributed by atoms with Gasteiger partial charge < -0.3 is 10.1 Å². The number of ether oxygens (including phenoxy) is 1. The summed E-state index contributed by atoms with van der Waals surface area (Å²) in [5.41, 5.74) is 3.45. The van der Waals surface area contributed by atoms with Crippen molar-refractivity contribution in [2.45, 2.75) is 26.8 Å². The number of rotatable bonds is 5. The molecule has 2 rings (SSSR count). The van der Waals surface area contributed by atoms with Crippen LogP contribution in [0.1, 0.15) is 34.7 Å². The molecule has 0 saturated heterocycles. The van der Waals surface area contributed by atoms with E-state index in [9.17, 15) is 0 Å². The van der Waals surface area contributed by atoms with E-state index in [1.165, 1.54) is 27.5 Å². The van der Waals surface area contributed by atoms with Gasteiger partial charge in [0.25, 0.3) is 0 Å². The van der Waals surface area contributed by atoms with Crippen molar-refractivity contribution in [3.8, 4) is 5.75 Å². The molecule has 0 aliphatic heterocycles. The van der Waals surface area contributed by atoms with Crippen LogP contribution < -0.4 is 10.1 Å². The normalized spacial score (nSPS) is 12.4. The molecule has 5 heteroatoms. The molecule has 1 atom stereocenters. The highest BCUT2D eigenvalue weighted by atomic mass is 32.1. The summed E-state index contributed by atoms with van der Waals surface area (Å²) < 4.78 is 9.30. The standard InChI is InChI=1S/C14H19N3OS/c1-5-15-13(14-10(3)16-17-19-14)12-7-6-11(18-4)8-9(12)2/h6-8,13,15H,5H2,1-4H3. The van der Waals surface area contributed by atoms with Crippen LogP contribution in [-0.2, 0) is 0 Å². The van der Waals surface area contributed by atoms with E-state index in [1.807, 2.05) is 13.0 Å². The number of aromatic nitrogens is 2. The highest BCUT2D eigenvalue weighted by Crippen LogP contribution is 2.30. The largest absolute Gasteiger partial charge is 0.497 e. The lowest BCUT2D eigenvalue weighted by Gasteiger charge is -2.19. The van der Waals surface area contributed by atoms with Crippen molar-refractivity contribution >= 4 is 11.5 Å². The van der Waals surface area contributed by atoms with Crippen molar-refractivity contribution in [2.75, 3.05) is 13.7 Å². The van der Waals surface area contributed by atoms with Gasteiger partial charge in [-0.1, -0.05) is 17.5 Å². The minimum Gasteiger partial charge on any atom is -0.497 e. The summed E-state index contributed by atoms with van der Waals surface area (Å²) in [4.78, 5) is 1.18. The van der Waals surface area contributed by atoms with Crippen LogP contribution in [-0.4, -0.2) is 23.2 Å². The Hall–Kier alpha value is -1.46. The van der Waals surface area contributed by atoms with Crippen LogP contribution in [0.5, 0.6) is 5.75 Å². The van der Waals surface area contributed by atoms with E-state index in [0.717, 1.165) is 18.0 Å². The molecule has 2 aromatic rings. The molecule has 19 heavy (non-hydrogen) atoms. The Morgan fingerprint density at radius 1 is 1.37 bits per heavy atom. The SMILES string of the molecule is CCNC(c1ccc(OC)cc1C)c1snnc1C. The molecule has 1 aromatic heterocycles. The topological polar surface area (TPSA) is 47.0 Å². The Kier molecular flexibility index (Phi) is 4.50. The van der Waals surface area contributed by atoms with E-state index in [1.54, 1.807) is 7.11 Å². The molecule has 4 nitrogen and oxygen atoms in total. The molecule has 0 aliphatic carbocycles. The Morgan fingerprint density at radius 2 is 2.16 bits per heavy atom. The minimum atomic E-state index is 0.149. The molecule has 0 saturated carbocycles. The van der Waals surface area contributed by atoms with E-state index < -0.39 is 0 Å². The fourth-order valence-corrected chi connectivity index (χ4v) is 2.89. The summed E-state index contributed by atoms with van der Waals surface area (Å²) >= 11 is 1.46. The molecule has 1 heterocycles. The molecule has 0 radical (unpaired) electrons. The van der Waals surface area contributed by atoms with Gasteiger partial charge in [-0.25, -0.2) is 0 Å². The third-order valence-corrected chi connectivity index (χ3v) is 4.04. The molecule has 1 N–H and O–H groups in total. The van der Waals surface area contributed by atoms with Gasteiger partial charge in [-0.05, 0) is 55.2 Å². The monoisotopic (exact) mass is 277 g/mol. The first kappa shape index (κ1) is 14.0. The Morgan fingerprint density at radius 3 is 2.68 bits per heavy atom. The van der Waals surface area contributed by atoms with Gasteiger partial charge in [-0.3, -0.25) is 0 Å². The van der Waals surface area contributed by atoms with E-state index >= 15 is 0 Å². The number of hydrogen-bond acceptors (Lipinski definition) is 5. The summed E-state index contributed by atoms with van der Waals surface area (Å²) in [5, 5.41) is 7.62. The van der Waals surface area contributed by atoms with Gasteiger partial charge in [0.15, 0.2) is 0 Å². The second-order valence-electron chi connectivity index (χ2n) is 4.44. The van der Waals surface area contributed by atoms with Crippen molar-refractivity contribution in [3.63, 3.8) is 0 Å². The van der Waals surface area contributed by atoms with Crippen LogP contribution in [0.3, 0.4) is 0 Å². The lowest BCUT2D eigenvalue weighted by Crippen LogP contribution is -2.22. The zero-order valence-corrected chi connectivity index (χ0v) is 12.5. The van der Waals surface area contributed by atoms with Crippen LogP contribution in [0.15, 0.2) is 18.2 Å². The van der Waals surface area contributed by atoms with Crippen molar-refractivity contribution in [1.29, 1.82) is 0 Å². The summed E-state index contributed by atoms with van der Waals surface area (Å²) in [6.45, 7) is 7.11.